The normalized spacial score (nSPS) is 17.4. The molecular weight excluding hydrogens is 254 g/mol. The van der Waals surface area contributed by atoms with Crippen molar-refractivity contribution in [3.8, 4) is 0 Å². The van der Waals surface area contributed by atoms with Crippen LogP contribution in [-0.4, -0.2) is 11.8 Å². The average molecular weight is 275 g/mol. The van der Waals surface area contributed by atoms with Crippen LogP contribution in [0, 0.1) is 0 Å². The molecule has 0 spiro atoms. The van der Waals surface area contributed by atoms with Gasteiger partial charge in [0.25, 0.3) is 0 Å². The molecule has 0 saturated heterocycles. The zero-order valence-electron chi connectivity index (χ0n) is 12.9. The van der Waals surface area contributed by atoms with Crippen molar-refractivity contribution in [2.45, 2.75) is 32.2 Å². The summed E-state index contributed by atoms with van der Waals surface area (Å²) in [6.45, 7) is 6.37. The van der Waals surface area contributed by atoms with Gasteiger partial charge in [-0.3, -0.25) is 4.99 Å². The van der Waals surface area contributed by atoms with Gasteiger partial charge in [-0.2, -0.15) is 0 Å². The highest BCUT2D eigenvalue weighted by molar-refractivity contribution is 5.83. The minimum atomic E-state index is -0.0451. The van der Waals surface area contributed by atoms with E-state index in [1.165, 1.54) is 22.3 Å². The number of benzene rings is 2. The highest BCUT2D eigenvalue weighted by Gasteiger charge is 2.20. The Labute approximate surface area is 127 Å². The van der Waals surface area contributed by atoms with Crippen LogP contribution in [0.5, 0.6) is 0 Å². The number of hydrogen-bond acceptors (Lipinski definition) is 1. The Balaban J connectivity index is 2.01. The van der Waals surface area contributed by atoms with E-state index in [2.05, 4.69) is 86.4 Å². The molecule has 0 saturated carbocycles. The van der Waals surface area contributed by atoms with Crippen molar-refractivity contribution in [3.05, 3.63) is 76.9 Å². The van der Waals surface area contributed by atoms with Gasteiger partial charge in [-0.1, -0.05) is 60.7 Å². The van der Waals surface area contributed by atoms with Gasteiger partial charge in [0.2, 0.25) is 0 Å². The molecule has 1 aliphatic rings. The van der Waals surface area contributed by atoms with E-state index in [1.807, 2.05) is 6.21 Å². The first-order chi connectivity index (χ1) is 10.0. The Hall–Kier alpha value is -2.15. The standard InChI is InChI=1S/C20H21N/c1-20(2,3)21-14-16-9-5-7-11-18(16)19-13-12-15-8-4-6-10-17(15)19/h4-14,19H,1-3H3. The minimum Gasteiger partial charge on any atom is -0.287 e. The summed E-state index contributed by atoms with van der Waals surface area (Å²) < 4.78 is 0. The zero-order chi connectivity index (χ0) is 14.9. The smallest absolute Gasteiger partial charge is 0.0524 e. The third kappa shape index (κ3) is 2.97. The van der Waals surface area contributed by atoms with Crippen LogP contribution in [-0.2, 0) is 0 Å². The Bertz CT molecular complexity index is 702. The van der Waals surface area contributed by atoms with E-state index in [9.17, 15) is 0 Å². The fraction of sp³-hybridized carbons (Fsp3) is 0.250. The second kappa shape index (κ2) is 5.33. The highest BCUT2D eigenvalue weighted by atomic mass is 14.8. The van der Waals surface area contributed by atoms with Crippen LogP contribution < -0.4 is 0 Å². The fourth-order valence-electron chi connectivity index (χ4n) is 2.70. The Morgan fingerprint density at radius 2 is 1.57 bits per heavy atom. The number of nitrogens with zero attached hydrogens (tertiary/aromatic N) is 1. The molecule has 2 aromatic carbocycles. The summed E-state index contributed by atoms with van der Waals surface area (Å²) in [6, 6.07) is 17.2. The number of hydrogen-bond donors (Lipinski definition) is 0. The lowest BCUT2D eigenvalue weighted by Crippen LogP contribution is -2.10. The maximum absolute atomic E-state index is 4.67. The molecule has 1 aliphatic carbocycles. The van der Waals surface area contributed by atoms with Crippen LogP contribution in [0.4, 0.5) is 0 Å². The van der Waals surface area contributed by atoms with Gasteiger partial charge < -0.3 is 0 Å². The Morgan fingerprint density at radius 1 is 0.905 bits per heavy atom. The summed E-state index contributed by atoms with van der Waals surface area (Å²) in [5.41, 5.74) is 5.20. The molecule has 106 valence electrons. The van der Waals surface area contributed by atoms with Crippen LogP contribution in [0.25, 0.3) is 6.08 Å². The lowest BCUT2D eigenvalue weighted by molar-refractivity contribution is 0.586. The van der Waals surface area contributed by atoms with Crippen LogP contribution in [0.1, 0.15) is 48.9 Å². The van der Waals surface area contributed by atoms with Gasteiger partial charge in [0.05, 0.1) is 5.54 Å². The molecule has 0 radical (unpaired) electrons. The van der Waals surface area contributed by atoms with Crippen molar-refractivity contribution in [1.29, 1.82) is 0 Å². The molecule has 1 atom stereocenters. The summed E-state index contributed by atoms with van der Waals surface area (Å²) >= 11 is 0. The first kappa shape index (κ1) is 13.8. The topological polar surface area (TPSA) is 12.4 Å². The monoisotopic (exact) mass is 275 g/mol. The van der Waals surface area contributed by atoms with Crippen molar-refractivity contribution < 1.29 is 0 Å². The molecule has 0 amide bonds. The Kier molecular flexibility index (Phi) is 3.50. The number of allylic oxidation sites excluding steroid dienone is 1. The minimum absolute atomic E-state index is 0.0451. The molecule has 0 fully saturated rings. The molecule has 0 N–H and O–H groups in total. The molecule has 1 heteroatoms. The van der Waals surface area contributed by atoms with Crippen LogP contribution in [0.3, 0.4) is 0 Å². The predicted molar refractivity (Wildman–Crippen MR) is 91.1 cm³/mol. The second-order valence-corrected chi connectivity index (χ2v) is 6.52. The fourth-order valence-corrected chi connectivity index (χ4v) is 2.70. The van der Waals surface area contributed by atoms with Gasteiger partial charge in [0.15, 0.2) is 0 Å². The molecule has 1 unspecified atom stereocenters. The third-order valence-electron chi connectivity index (χ3n) is 3.72. The average Bonchev–Trinajstić information content (AvgIpc) is 2.88. The van der Waals surface area contributed by atoms with Crippen molar-refractivity contribution in [2.24, 2.45) is 4.99 Å². The van der Waals surface area contributed by atoms with E-state index >= 15 is 0 Å². The maximum Gasteiger partial charge on any atom is 0.0524 e. The first-order valence-corrected chi connectivity index (χ1v) is 7.46. The van der Waals surface area contributed by atoms with Gasteiger partial charge in [-0.05, 0) is 43.0 Å². The predicted octanol–water partition coefficient (Wildman–Crippen LogP) is 5.06. The van der Waals surface area contributed by atoms with E-state index in [0.29, 0.717) is 5.92 Å². The quantitative estimate of drug-likeness (QED) is 0.679. The zero-order valence-corrected chi connectivity index (χ0v) is 12.9. The summed E-state index contributed by atoms with van der Waals surface area (Å²) in [6.07, 6.45) is 6.52. The van der Waals surface area contributed by atoms with E-state index in [-0.39, 0.29) is 5.54 Å². The number of aliphatic imine (C=N–C) groups is 1. The van der Waals surface area contributed by atoms with Crippen LogP contribution in [0.2, 0.25) is 0 Å². The molecular formula is C20H21N. The molecule has 0 heterocycles. The van der Waals surface area contributed by atoms with Gasteiger partial charge in [0.1, 0.15) is 0 Å². The lowest BCUT2D eigenvalue weighted by atomic mass is 9.90. The van der Waals surface area contributed by atoms with Gasteiger partial charge in [-0.25, -0.2) is 0 Å². The summed E-state index contributed by atoms with van der Waals surface area (Å²) in [4.78, 5) is 4.67. The van der Waals surface area contributed by atoms with E-state index < -0.39 is 0 Å². The number of rotatable bonds is 2. The largest absolute Gasteiger partial charge is 0.287 e. The Morgan fingerprint density at radius 3 is 2.33 bits per heavy atom. The lowest BCUT2D eigenvalue weighted by Gasteiger charge is -2.16. The van der Waals surface area contributed by atoms with Gasteiger partial charge in [0, 0.05) is 12.1 Å². The molecule has 0 aromatic heterocycles. The molecule has 21 heavy (non-hydrogen) atoms. The van der Waals surface area contributed by atoms with Crippen molar-refractivity contribution in [2.75, 3.05) is 0 Å². The first-order valence-electron chi connectivity index (χ1n) is 7.46. The third-order valence-corrected chi connectivity index (χ3v) is 3.72. The van der Waals surface area contributed by atoms with Gasteiger partial charge in [-0.15, -0.1) is 0 Å². The summed E-state index contributed by atoms with van der Waals surface area (Å²) in [5.74, 6) is 0.337. The van der Waals surface area contributed by atoms with Crippen molar-refractivity contribution >= 4 is 12.3 Å². The van der Waals surface area contributed by atoms with E-state index in [1.54, 1.807) is 0 Å². The molecule has 2 aromatic rings. The highest BCUT2D eigenvalue weighted by Crippen LogP contribution is 2.36. The molecule has 0 bridgehead atoms. The van der Waals surface area contributed by atoms with Crippen LogP contribution in [0.15, 0.2) is 59.6 Å². The number of fused-ring (bicyclic) bond motifs is 1. The van der Waals surface area contributed by atoms with E-state index in [4.69, 9.17) is 0 Å². The van der Waals surface area contributed by atoms with Crippen molar-refractivity contribution in [1.82, 2.24) is 0 Å². The molecule has 3 rings (SSSR count). The van der Waals surface area contributed by atoms with Crippen LogP contribution >= 0.6 is 0 Å². The maximum atomic E-state index is 4.67. The molecule has 0 aliphatic heterocycles. The summed E-state index contributed by atoms with van der Waals surface area (Å²) in [5, 5.41) is 0. The van der Waals surface area contributed by atoms with Gasteiger partial charge >= 0.3 is 0 Å². The SMILES string of the molecule is CC(C)(C)N=Cc1ccccc1C1C=Cc2ccccc21. The molecule has 1 nitrogen and oxygen atoms in total. The van der Waals surface area contributed by atoms with Crippen molar-refractivity contribution in [3.63, 3.8) is 0 Å². The second-order valence-electron chi connectivity index (χ2n) is 6.52. The van der Waals surface area contributed by atoms with E-state index in [0.717, 1.165) is 0 Å². The summed E-state index contributed by atoms with van der Waals surface area (Å²) in [7, 11) is 0.